The van der Waals surface area contributed by atoms with Gasteiger partial charge in [-0.2, -0.15) is 0 Å². The van der Waals surface area contributed by atoms with Crippen molar-refractivity contribution < 1.29 is 24.0 Å². The number of aromatic nitrogens is 1. The van der Waals surface area contributed by atoms with E-state index < -0.39 is 23.6 Å². The van der Waals surface area contributed by atoms with Crippen LogP contribution in [0.4, 0.5) is 10.5 Å². The molecule has 8 nitrogen and oxygen atoms in total. The number of ether oxygens (including phenoxy) is 1. The lowest BCUT2D eigenvalue weighted by atomic mass is 9.78. The first kappa shape index (κ1) is 24.1. The maximum atomic E-state index is 12.9. The number of carboxylic acids is 1. The maximum absolute atomic E-state index is 12.9. The van der Waals surface area contributed by atoms with E-state index in [-0.39, 0.29) is 5.92 Å². The summed E-state index contributed by atoms with van der Waals surface area (Å²) >= 11 is 0. The number of rotatable bonds is 7. The number of benzene rings is 2. The van der Waals surface area contributed by atoms with Crippen molar-refractivity contribution in [2.45, 2.75) is 57.0 Å². The molecule has 1 saturated carbocycles. The third-order valence-electron chi connectivity index (χ3n) is 7.42. The number of carbonyl (C=O) groups is 2. The summed E-state index contributed by atoms with van der Waals surface area (Å²) in [7, 11) is 0. The van der Waals surface area contributed by atoms with Crippen LogP contribution in [0.5, 0.6) is 0 Å². The molecule has 0 unspecified atom stereocenters. The Morgan fingerprint density at radius 1 is 1.14 bits per heavy atom. The standard InChI is InChI=1S/C28H31N3O5/c1-17-24(30-27(34)35-18(2)19-7-4-3-5-8-19)25(36-31-17)21-9-6-10-22(28(13-14-28)26(32)33)23(21)20-11-15-29-16-12-20/h3-10,18,20,29H,11-16H2,1-2H3,(H,30,34)(H,32,33)/t18-/m1/s1. The highest BCUT2D eigenvalue weighted by molar-refractivity contribution is 5.92. The first-order chi connectivity index (χ1) is 17.4. The zero-order chi connectivity index (χ0) is 25.3. The zero-order valence-electron chi connectivity index (χ0n) is 20.5. The number of amides is 1. The number of aryl methyl sites for hydroxylation is 1. The van der Waals surface area contributed by atoms with Gasteiger partial charge in [0.1, 0.15) is 17.5 Å². The van der Waals surface area contributed by atoms with E-state index in [4.69, 9.17) is 9.26 Å². The average Bonchev–Trinajstić information content (AvgIpc) is 3.64. The van der Waals surface area contributed by atoms with Gasteiger partial charge in [-0.05, 0) is 75.2 Å². The summed E-state index contributed by atoms with van der Waals surface area (Å²) in [6.07, 6.45) is 1.98. The molecule has 5 rings (SSSR count). The molecular weight excluding hydrogens is 458 g/mol. The number of piperidine rings is 1. The molecule has 0 bridgehead atoms. The Kier molecular flexibility index (Phi) is 6.53. The number of aliphatic carboxylic acids is 1. The van der Waals surface area contributed by atoms with E-state index in [1.165, 1.54) is 0 Å². The molecule has 188 valence electrons. The number of carboxylic acid groups (broad SMARTS) is 1. The van der Waals surface area contributed by atoms with E-state index in [1.807, 2.05) is 55.5 Å². The van der Waals surface area contributed by atoms with Gasteiger partial charge in [0.25, 0.3) is 0 Å². The first-order valence-electron chi connectivity index (χ1n) is 12.5. The minimum absolute atomic E-state index is 0.178. The molecule has 2 aliphatic rings. The number of nitrogens with one attached hydrogen (secondary N) is 2. The average molecular weight is 490 g/mol. The molecule has 2 aromatic carbocycles. The number of nitrogens with zero attached hydrogens (tertiary/aromatic N) is 1. The smallest absolute Gasteiger partial charge is 0.412 e. The van der Waals surface area contributed by atoms with Crippen LogP contribution in [0.25, 0.3) is 11.3 Å². The predicted octanol–water partition coefficient (Wildman–Crippen LogP) is 5.54. The van der Waals surface area contributed by atoms with Crippen LogP contribution in [0.2, 0.25) is 0 Å². The molecule has 0 spiro atoms. The monoisotopic (exact) mass is 489 g/mol. The van der Waals surface area contributed by atoms with Crippen LogP contribution in [0, 0.1) is 6.92 Å². The summed E-state index contributed by atoms with van der Waals surface area (Å²) in [5, 5.41) is 20.4. The van der Waals surface area contributed by atoms with E-state index >= 15 is 0 Å². The summed E-state index contributed by atoms with van der Waals surface area (Å²) in [6, 6.07) is 15.3. The van der Waals surface area contributed by atoms with Crippen molar-refractivity contribution in [3.8, 4) is 11.3 Å². The summed E-state index contributed by atoms with van der Waals surface area (Å²) in [5.74, 6) is -0.189. The Hall–Kier alpha value is -3.65. The molecule has 1 saturated heterocycles. The van der Waals surface area contributed by atoms with Gasteiger partial charge in [0.15, 0.2) is 5.76 Å². The van der Waals surface area contributed by atoms with Gasteiger partial charge in [-0.15, -0.1) is 0 Å². The molecule has 1 aliphatic carbocycles. The Balaban J connectivity index is 1.50. The molecule has 36 heavy (non-hydrogen) atoms. The second-order valence-corrected chi connectivity index (χ2v) is 9.73. The summed E-state index contributed by atoms with van der Waals surface area (Å²) < 4.78 is 11.4. The Bertz CT molecular complexity index is 1260. The number of anilines is 1. The molecule has 1 aromatic heterocycles. The van der Waals surface area contributed by atoms with Gasteiger partial charge in [-0.1, -0.05) is 53.7 Å². The molecule has 3 aromatic rings. The van der Waals surface area contributed by atoms with Crippen molar-refractivity contribution in [2.75, 3.05) is 18.4 Å². The van der Waals surface area contributed by atoms with E-state index in [2.05, 4.69) is 15.8 Å². The topological polar surface area (TPSA) is 114 Å². The molecule has 8 heteroatoms. The molecule has 2 heterocycles. The fraction of sp³-hybridized carbons (Fsp3) is 0.393. The Morgan fingerprint density at radius 3 is 2.53 bits per heavy atom. The van der Waals surface area contributed by atoms with Gasteiger partial charge in [0, 0.05) is 5.56 Å². The minimum Gasteiger partial charge on any atom is -0.481 e. The van der Waals surface area contributed by atoms with E-state index in [1.54, 1.807) is 6.92 Å². The highest BCUT2D eigenvalue weighted by Crippen LogP contribution is 2.53. The van der Waals surface area contributed by atoms with Gasteiger partial charge in [0.05, 0.1) is 5.41 Å². The van der Waals surface area contributed by atoms with Gasteiger partial charge < -0.3 is 19.7 Å². The van der Waals surface area contributed by atoms with E-state index in [9.17, 15) is 14.7 Å². The molecule has 1 atom stereocenters. The van der Waals surface area contributed by atoms with E-state index in [0.717, 1.165) is 48.2 Å². The van der Waals surface area contributed by atoms with Crippen molar-refractivity contribution in [1.82, 2.24) is 10.5 Å². The highest BCUT2D eigenvalue weighted by atomic mass is 16.6. The van der Waals surface area contributed by atoms with Crippen LogP contribution in [-0.4, -0.2) is 35.4 Å². The van der Waals surface area contributed by atoms with Gasteiger partial charge in [-0.3, -0.25) is 10.1 Å². The lowest BCUT2D eigenvalue weighted by molar-refractivity contribution is -0.140. The van der Waals surface area contributed by atoms with Crippen LogP contribution >= 0.6 is 0 Å². The summed E-state index contributed by atoms with van der Waals surface area (Å²) in [6.45, 7) is 5.30. The van der Waals surface area contributed by atoms with Gasteiger partial charge in [0.2, 0.25) is 0 Å². The second kappa shape index (κ2) is 9.78. The van der Waals surface area contributed by atoms with Gasteiger partial charge in [-0.25, -0.2) is 4.79 Å². The second-order valence-electron chi connectivity index (χ2n) is 9.73. The lowest BCUT2D eigenvalue weighted by Gasteiger charge is -2.29. The van der Waals surface area contributed by atoms with Crippen LogP contribution in [0.3, 0.4) is 0 Å². The maximum Gasteiger partial charge on any atom is 0.412 e. The van der Waals surface area contributed by atoms with Crippen molar-refractivity contribution >= 4 is 17.7 Å². The first-order valence-corrected chi connectivity index (χ1v) is 12.5. The number of hydrogen-bond donors (Lipinski definition) is 3. The molecule has 1 amide bonds. The van der Waals surface area contributed by atoms with Crippen LogP contribution in [0.15, 0.2) is 53.1 Å². The summed E-state index contributed by atoms with van der Waals surface area (Å²) in [4.78, 5) is 25.1. The molecule has 1 aliphatic heterocycles. The van der Waals surface area contributed by atoms with Crippen LogP contribution < -0.4 is 10.6 Å². The summed E-state index contributed by atoms with van der Waals surface area (Å²) in [5.41, 5.74) is 3.60. The Morgan fingerprint density at radius 2 is 1.86 bits per heavy atom. The molecule has 3 N–H and O–H groups in total. The SMILES string of the molecule is Cc1noc(-c2cccc(C3(C(=O)O)CC3)c2C2CCNCC2)c1NC(=O)O[C@H](C)c1ccccc1. The molecular formula is C28H31N3O5. The third-order valence-corrected chi connectivity index (χ3v) is 7.42. The predicted molar refractivity (Wildman–Crippen MR) is 135 cm³/mol. The van der Waals surface area contributed by atoms with Crippen molar-refractivity contribution in [3.05, 3.63) is 70.9 Å². The van der Waals surface area contributed by atoms with Crippen molar-refractivity contribution in [1.29, 1.82) is 0 Å². The number of carbonyl (C=O) groups excluding carboxylic acids is 1. The van der Waals surface area contributed by atoms with E-state index in [0.29, 0.717) is 30.0 Å². The van der Waals surface area contributed by atoms with Crippen LogP contribution in [-0.2, 0) is 14.9 Å². The van der Waals surface area contributed by atoms with Crippen LogP contribution in [0.1, 0.15) is 67.0 Å². The molecule has 0 radical (unpaired) electrons. The number of hydrogen-bond acceptors (Lipinski definition) is 6. The lowest BCUT2D eigenvalue weighted by Crippen LogP contribution is -2.29. The zero-order valence-corrected chi connectivity index (χ0v) is 20.5. The third kappa shape index (κ3) is 4.48. The van der Waals surface area contributed by atoms with Crippen molar-refractivity contribution in [3.63, 3.8) is 0 Å². The minimum atomic E-state index is -0.858. The fourth-order valence-electron chi connectivity index (χ4n) is 5.24. The largest absolute Gasteiger partial charge is 0.481 e. The van der Waals surface area contributed by atoms with Crippen molar-refractivity contribution in [2.24, 2.45) is 0 Å². The van der Waals surface area contributed by atoms with Gasteiger partial charge >= 0.3 is 12.1 Å². The Labute approximate surface area is 210 Å². The fourth-order valence-corrected chi connectivity index (χ4v) is 5.24. The quantitative estimate of drug-likeness (QED) is 0.399. The molecule has 2 fully saturated rings. The highest BCUT2D eigenvalue weighted by Gasteiger charge is 2.53. The normalized spacial score (nSPS) is 17.8.